The van der Waals surface area contributed by atoms with E-state index in [2.05, 4.69) is 15.6 Å². The van der Waals surface area contributed by atoms with Crippen molar-refractivity contribution in [1.29, 1.82) is 0 Å². The summed E-state index contributed by atoms with van der Waals surface area (Å²) in [5, 5.41) is 7.43. The third kappa shape index (κ3) is 2.37. The van der Waals surface area contributed by atoms with Gasteiger partial charge in [0.15, 0.2) is 0 Å². The number of aromatic nitrogens is 1. The van der Waals surface area contributed by atoms with Crippen LogP contribution >= 0.6 is 0 Å². The number of primary amides is 1. The second-order valence-corrected chi connectivity index (χ2v) is 4.77. The normalized spacial score (nSPS) is 18.6. The zero-order valence-electron chi connectivity index (χ0n) is 10.5. The van der Waals surface area contributed by atoms with E-state index >= 15 is 0 Å². The summed E-state index contributed by atoms with van der Waals surface area (Å²) < 4.78 is 0. The average molecular weight is 256 g/mol. The number of para-hydroxylation sites is 1. The van der Waals surface area contributed by atoms with Crippen molar-refractivity contribution in [2.24, 2.45) is 5.73 Å². The Morgan fingerprint density at radius 1 is 1.42 bits per heavy atom. The lowest BCUT2D eigenvalue weighted by Gasteiger charge is -2.14. The molecule has 1 aliphatic rings. The predicted molar refractivity (Wildman–Crippen MR) is 75.2 cm³/mol. The predicted octanol–water partition coefficient (Wildman–Crippen LogP) is 1.11. The molecule has 1 atom stereocenters. The van der Waals surface area contributed by atoms with Crippen LogP contribution < -0.4 is 16.4 Å². The number of benzene rings is 1. The molecule has 1 unspecified atom stereocenters. The van der Waals surface area contributed by atoms with E-state index in [1.54, 1.807) is 6.07 Å². The van der Waals surface area contributed by atoms with Crippen LogP contribution in [0.2, 0.25) is 0 Å². The summed E-state index contributed by atoms with van der Waals surface area (Å²) in [4.78, 5) is 16.1. The number of pyridine rings is 1. The van der Waals surface area contributed by atoms with Gasteiger partial charge in [-0.1, -0.05) is 18.2 Å². The lowest BCUT2D eigenvalue weighted by Crippen LogP contribution is -2.23. The van der Waals surface area contributed by atoms with Crippen LogP contribution in [0.3, 0.4) is 0 Å². The number of fused-ring (bicyclic) bond motifs is 1. The number of nitrogens with two attached hydrogens (primary N) is 1. The smallest absolute Gasteiger partial charge is 0.249 e. The largest absolute Gasteiger partial charge is 0.366 e. The molecule has 0 radical (unpaired) electrons. The fraction of sp³-hybridized carbons (Fsp3) is 0.286. The Hall–Kier alpha value is -2.14. The van der Waals surface area contributed by atoms with Gasteiger partial charge in [-0.05, 0) is 25.1 Å². The molecule has 2 aromatic rings. The number of carbonyl (C=O) groups is 1. The molecule has 5 nitrogen and oxygen atoms in total. The molecule has 19 heavy (non-hydrogen) atoms. The highest BCUT2D eigenvalue weighted by Crippen LogP contribution is 2.21. The molecule has 2 heterocycles. The molecule has 1 fully saturated rings. The van der Waals surface area contributed by atoms with E-state index in [0.717, 1.165) is 30.4 Å². The summed E-state index contributed by atoms with van der Waals surface area (Å²) >= 11 is 0. The van der Waals surface area contributed by atoms with E-state index in [-0.39, 0.29) is 0 Å². The van der Waals surface area contributed by atoms with Gasteiger partial charge in [-0.3, -0.25) is 4.79 Å². The Morgan fingerprint density at radius 2 is 2.26 bits per heavy atom. The minimum atomic E-state index is -0.425. The van der Waals surface area contributed by atoms with E-state index in [9.17, 15) is 4.79 Å². The first-order chi connectivity index (χ1) is 9.24. The van der Waals surface area contributed by atoms with Crippen LogP contribution in [-0.4, -0.2) is 30.0 Å². The average Bonchev–Trinajstić information content (AvgIpc) is 2.90. The first-order valence-corrected chi connectivity index (χ1v) is 6.41. The molecule has 3 rings (SSSR count). The summed E-state index contributed by atoms with van der Waals surface area (Å²) in [6.07, 6.45) is 1.06. The van der Waals surface area contributed by atoms with Crippen LogP contribution in [0, 0.1) is 0 Å². The fourth-order valence-corrected chi connectivity index (χ4v) is 2.44. The number of hydrogen-bond acceptors (Lipinski definition) is 4. The monoisotopic (exact) mass is 256 g/mol. The summed E-state index contributed by atoms with van der Waals surface area (Å²) in [7, 11) is 0. The lowest BCUT2D eigenvalue weighted by atomic mass is 10.1. The Kier molecular flexibility index (Phi) is 3.05. The van der Waals surface area contributed by atoms with Gasteiger partial charge < -0.3 is 16.4 Å². The van der Waals surface area contributed by atoms with Crippen LogP contribution in [0.5, 0.6) is 0 Å². The number of nitrogens with one attached hydrogen (secondary N) is 2. The molecule has 0 bridgehead atoms. The molecule has 1 aliphatic heterocycles. The molecule has 5 heteroatoms. The van der Waals surface area contributed by atoms with Crippen molar-refractivity contribution in [2.75, 3.05) is 18.4 Å². The van der Waals surface area contributed by atoms with Gasteiger partial charge in [0.25, 0.3) is 0 Å². The van der Waals surface area contributed by atoms with Gasteiger partial charge in [-0.2, -0.15) is 0 Å². The number of rotatable bonds is 3. The Morgan fingerprint density at radius 3 is 3.00 bits per heavy atom. The Bertz CT molecular complexity index is 620. The van der Waals surface area contributed by atoms with Crippen LogP contribution in [-0.2, 0) is 0 Å². The number of nitrogens with zero attached hydrogens (tertiary/aromatic N) is 1. The second-order valence-electron chi connectivity index (χ2n) is 4.77. The van der Waals surface area contributed by atoms with Crippen molar-refractivity contribution < 1.29 is 4.79 Å². The van der Waals surface area contributed by atoms with Crippen molar-refractivity contribution in [1.82, 2.24) is 10.3 Å². The van der Waals surface area contributed by atoms with Crippen molar-refractivity contribution in [3.63, 3.8) is 0 Å². The molecular weight excluding hydrogens is 240 g/mol. The van der Waals surface area contributed by atoms with Gasteiger partial charge in [0, 0.05) is 18.0 Å². The summed E-state index contributed by atoms with van der Waals surface area (Å²) in [6.45, 7) is 1.92. The maximum atomic E-state index is 11.6. The van der Waals surface area contributed by atoms with E-state index < -0.39 is 5.91 Å². The second kappa shape index (κ2) is 4.85. The van der Waals surface area contributed by atoms with Crippen LogP contribution in [0.1, 0.15) is 16.8 Å². The highest BCUT2D eigenvalue weighted by atomic mass is 16.1. The number of carbonyl (C=O) groups excluding carboxylic acids is 1. The van der Waals surface area contributed by atoms with E-state index in [4.69, 9.17) is 5.73 Å². The maximum absolute atomic E-state index is 11.6. The minimum Gasteiger partial charge on any atom is -0.366 e. The molecule has 0 spiro atoms. The molecule has 98 valence electrons. The van der Waals surface area contributed by atoms with Crippen molar-refractivity contribution >= 4 is 22.6 Å². The molecule has 1 aromatic heterocycles. The maximum Gasteiger partial charge on any atom is 0.249 e. The van der Waals surface area contributed by atoms with Gasteiger partial charge in [0.1, 0.15) is 5.82 Å². The minimum absolute atomic E-state index is 0.356. The van der Waals surface area contributed by atoms with E-state index in [1.807, 2.05) is 24.3 Å². The fourth-order valence-electron chi connectivity index (χ4n) is 2.44. The van der Waals surface area contributed by atoms with Gasteiger partial charge in [0.05, 0.1) is 11.1 Å². The Labute approximate surface area is 111 Å². The third-order valence-corrected chi connectivity index (χ3v) is 3.39. The number of hydrogen-bond donors (Lipinski definition) is 3. The van der Waals surface area contributed by atoms with Crippen molar-refractivity contribution in [2.45, 2.75) is 12.5 Å². The summed E-state index contributed by atoms with van der Waals surface area (Å²) in [5.41, 5.74) is 6.75. The zero-order valence-corrected chi connectivity index (χ0v) is 10.5. The SMILES string of the molecule is NC(=O)c1cc(NC2CCNC2)nc2ccccc12. The molecule has 0 aliphatic carbocycles. The van der Waals surface area contributed by atoms with Crippen LogP contribution in [0.4, 0.5) is 5.82 Å². The third-order valence-electron chi connectivity index (χ3n) is 3.39. The van der Waals surface area contributed by atoms with Crippen LogP contribution in [0.15, 0.2) is 30.3 Å². The molecule has 0 saturated carbocycles. The van der Waals surface area contributed by atoms with Crippen molar-refractivity contribution in [3.8, 4) is 0 Å². The summed E-state index contributed by atoms with van der Waals surface area (Å²) in [5.74, 6) is 0.285. The summed E-state index contributed by atoms with van der Waals surface area (Å²) in [6, 6.07) is 9.63. The van der Waals surface area contributed by atoms with Gasteiger partial charge >= 0.3 is 0 Å². The standard InChI is InChI=1S/C14H16N4O/c15-14(19)11-7-13(17-9-5-6-16-8-9)18-12-4-2-1-3-10(11)12/h1-4,7,9,16H,5-6,8H2,(H2,15,19)(H,17,18). The Balaban J connectivity index is 2.02. The first kappa shape index (κ1) is 11.9. The van der Waals surface area contributed by atoms with Crippen LogP contribution in [0.25, 0.3) is 10.9 Å². The molecule has 1 amide bonds. The van der Waals surface area contributed by atoms with Gasteiger partial charge in [-0.15, -0.1) is 0 Å². The molecular formula is C14H16N4O. The quantitative estimate of drug-likeness (QED) is 0.768. The molecule has 1 aromatic carbocycles. The van der Waals surface area contributed by atoms with E-state index in [0.29, 0.717) is 17.4 Å². The number of amides is 1. The van der Waals surface area contributed by atoms with Crippen molar-refractivity contribution in [3.05, 3.63) is 35.9 Å². The van der Waals surface area contributed by atoms with E-state index in [1.165, 1.54) is 0 Å². The highest BCUT2D eigenvalue weighted by Gasteiger charge is 2.16. The van der Waals surface area contributed by atoms with Gasteiger partial charge in [-0.25, -0.2) is 4.98 Å². The highest BCUT2D eigenvalue weighted by molar-refractivity contribution is 6.06. The first-order valence-electron chi connectivity index (χ1n) is 6.41. The number of anilines is 1. The topological polar surface area (TPSA) is 80.0 Å². The molecule has 1 saturated heterocycles. The van der Waals surface area contributed by atoms with Gasteiger partial charge in [0.2, 0.25) is 5.91 Å². The molecule has 4 N–H and O–H groups in total. The lowest BCUT2D eigenvalue weighted by molar-refractivity contribution is 0.100. The zero-order chi connectivity index (χ0) is 13.2.